The maximum atomic E-state index is 11.7. The van der Waals surface area contributed by atoms with Crippen LogP contribution in [0, 0.1) is 0 Å². The summed E-state index contributed by atoms with van der Waals surface area (Å²) in [5.74, 6) is -0.0853. The standard InChI is InChI=1S/C13H12BrClN2OS/c14-9-4-12(19-8-9)6-16-7-13(18)17-11-3-1-2-10(15)5-11/h1-5,8,16H,6-7H2,(H,17,18). The van der Waals surface area contributed by atoms with Crippen LogP contribution in [0.25, 0.3) is 0 Å². The molecular weight excluding hydrogens is 348 g/mol. The molecule has 2 aromatic rings. The van der Waals surface area contributed by atoms with E-state index >= 15 is 0 Å². The Balaban J connectivity index is 1.76. The molecule has 1 heterocycles. The third-order valence-electron chi connectivity index (χ3n) is 2.31. The van der Waals surface area contributed by atoms with Gasteiger partial charge in [-0.25, -0.2) is 0 Å². The Kier molecular flexibility index (Phi) is 5.39. The number of halogens is 2. The zero-order chi connectivity index (χ0) is 13.7. The van der Waals surface area contributed by atoms with E-state index in [9.17, 15) is 4.79 Å². The highest BCUT2D eigenvalue weighted by atomic mass is 79.9. The van der Waals surface area contributed by atoms with Crippen LogP contribution >= 0.6 is 38.9 Å². The summed E-state index contributed by atoms with van der Waals surface area (Å²) in [4.78, 5) is 12.9. The average Bonchev–Trinajstić information content (AvgIpc) is 2.75. The van der Waals surface area contributed by atoms with E-state index in [2.05, 4.69) is 26.6 Å². The largest absolute Gasteiger partial charge is 0.325 e. The molecular formula is C13H12BrClN2OS. The quantitative estimate of drug-likeness (QED) is 0.850. The second-order valence-corrected chi connectivity index (χ2v) is 6.24. The van der Waals surface area contributed by atoms with Gasteiger partial charge in [-0.2, -0.15) is 0 Å². The SMILES string of the molecule is O=C(CNCc1cc(Br)cs1)Nc1cccc(Cl)c1. The van der Waals surface area contributed by atoms with Crippen LogP contribution < -0.4 is 10.6 Å². The molecule has 0 saturated heterocycles. The fourth-order valence-electron chi connectivity index (χ4n) is 1.52. The van der Waals surface area contributed by atoms with E-state index in [1.165, 1.54) is 4.88 Å². The first-order chi connectivity index (χ1) is 9.13. The number of amides is 1. The Morgan fingerprint density at radius 2 is 2.21 bits per heavy atom. The van der Waals surface area contributed by atoms with Crippen molar-refractivity contribution in [3.8, 4) is 0 Å². The van der Waals surface area contributed by atoms with E-state index in [0.717, 1.165) is 4.47 Å². The summed E-state index contributed by atoms with van der Waals surface area (Å²) >= 11 is 10.9. The highest BCUT2D eigenvalue weighted by molar-refractivity contribution is 9.10. The van der Waals surface area contributed by atoms with Crippen molar-refractivity contribution >= 4 is 50.5 Å². The first-order valence-corrected chi connectivity index (χ1v) is 7.67. The fraction of sp³-hybridized carbons (Fsp3) is 0.154. The van der Waals surface area contributed by atoms with E-state index in [1.807, 2.05) is 11.4 Å². The predicted octanol–water partition coefficient (Wildman–Crippen LogP) is 3.89. The van der Waals surface area contributed by atoms with Crippen molar-refractivity contribution in [2.24, 2.45) is 0 Å². The monoisotopic (exact) mass is 358 g/mol. The molecule has 0 unspecified atom stereocenters. The van der Waals surface area contributed by atoms with Gasteiger partial charge in [-0.05, 0) is 40.2 Å². The summed E-state index contributed by atoms with van der Waals surface area (Å²) in [6.07, 6.45) is 0. The zero-order valence-electron chi connectivity index (χ0n) is 9.95. The highest BCUT2D eigenvalue weighted by Gasteiger charge is 2.03. The Morgan fingerprint density at radius 1 is 1.37 bits per heavy atom. The van der Waals surface area contributed by atoms with Gasteiger partial charge in [-0.3, -0.25) is 4.79 Å². The lowest BCUT2D eigenvalue weighted by Crippen LogP contribution is -2.27. The minimum absolute atomic E-state index is 0.0853. The normalized spacial score (nSPS) is 10.4. The molecule has 0 aliphatic heterocycles. The van der Waals surface area contributed by atoms with Gasteiger partial charge in [0.05, 0.1) is 6.54 Å². The summed E-state index contributed by atoms with van der Waals surface area (Å²) in [5, 5.41) is 8.50. The third kappa shape index (κ3) is 4.95. The van der Waals surface area contributed by atoms with Crippen molar-refractivity contribution in [2.75, 3.05) is 11.9 Å². The molecule has 0 aliphatic carbocycles. The van der Waals surface area contributed by atoms with Crippen molar-refractivity contribution < 1.29 is 4.79 Å². The number of carbonyl (C=O) groups is 1. The van der Waals surface area contributed by atoms with Crippen LogP contribution in [0.4, 0.5) is 5.69 Å². The fourth-order valence-corrected chi connectivity index (χ4v) is 3.13. The molecule has 0 fully saturated rings. The number of carbonyl (C=O) groups excluding carboxylic acids is 1. The topological polar surface area (TPSA) is 41.1 Å². The van der Waals surface area contributed by atoms with Crippen molar-refractivity contribution in [2.45, 2.75) is 6.54 Å². The summed E-state index contributed by atoms with van der Waals surface area (Å²) in [5.41, 5.74) is 0.707. The Labute approximate surface area is 129 Å². The molecule has 3 nitrogen and oxygen atoms in total. The van der Waals surface area contributed by atoms with Crippen LogP contribution in [0.1, 0.15) is 4.88 Å². The van der Waals surface area contributed by atoms with Gasteiger partial charge in [0, 0.05) is 32.0 Å². The lowest BCUT2D eigenvalue weighted by Gasteiger charge is -2.06. The summed E-state index contributed by atoms with van der Waals surface area (Å²) < 4.78 is 1.07. The number of anilines is 1. The lowest BCUT2D eigenvalue weighted by atomic mass is 10.3. The van der Waals surface area contributed by atoms with Gasteiger partial charge in [0.1, 0.15) is 0 Å². The van der Waals surface area contributed by atoms with Gasteiger partial charge in [-0.1, -0.05) is 17.7 Å². The molecule has 1 aromatic heterocycles. The third-order valence-corrected chi connectivity index (χ3v) is 4.25. The summed E-state index contributed by atoms with van der Waals surface area (Å²) in [7, 11) is 0. The number of nitrogens with one attached hydrogen (secondary N) is 2. The van der Waals surface area contributed by atoms with Crippen molar-refractivity contribution in [3.05, 3.63) is 50.1 Å². The maximum Gasteiger partial charge on any atom is 0.238 e. The minimum atomic E-state index is -0.0853. The molecule has 0 aliphatic rings. The number of rotatable bonds is 5. The van der Waals surface area contributed by atoms with Crippen molar-refractivity contribution in [3.63, 3.8) is 0 Å². The van der Waals surface area contributed by atoms with Gasteiger partial charge < -0.3 is 10.6 Å². The van der Waals surface area contributed by atoms with Crippen LogP contribution in [0.3, 0.4) is 0 Å². The lowest BCUT2D eigenvalue weighted by molar-refractivity contribution is -0.115. The molecule has 19 heavy (non-hydrogen) atoms. The first-order valence-electron chi connectivity index (χ1n) is 5.62. The minimum Gasteiger partial charge on any atom is -0.325 e. The molecule has 0 radical (unpaired) electrons. The molecule has 100 valence electrons. The molecule has 1 amide bonds. The average molecular weight is 360 g/mol. The Hall–Kier alpha value is -0.880. The first kappa shape index (κ1) is 14.5. The van der Waals surface area contributed by atoms with Gasteiger partial charge in [0.15, 0.2) is 0 Å². The molecule has 6 heteroatoms. The molecule has 0 spiro atoms. The molecule has 0 bridgehead atoms. The second kappa shape index (κ2) is 7.05. The maximum absolute atomic E-state index is 11.7. The van der Waals surface area contributed by atoms with Gasteiger partial charge in [0.2, 0.25) is 5.91 Å². The van der Waals surface area contributed by atoms with Crippen LogP contribution in [-0.2, 0) is 11.3 Å². The van der Waals surface area contributed by atoms with Crippen molar-refractivity contribution in [1.82, 2.24) is 5.32 Å². The zero-order valence-corrected chi connectivity index (χ0v) is 13.1. The van der Waals surface area contributed by atoms with E-state index in [4.69, 9.17) is 11.6 Å². The molecule has 2 rings (SSSR count). The summed E-state index contributed by atoms with van der Waals surface area (Å²) in [6.45, 7) is 0.946. The smallest absolute Gasteiger partial charge is 0.238 e. The molecule has 0 saturated carbocycles. The number of hydrogen-bond acceptors (Lipinski definition) is 3. The number of benzene rings is 1. The van der Waals surface area contributed by atoms with E-state index in [0.29, 0.717) is 17.3 Å². The second-order valence-electron chi connectivity index (χ2n) is 3.89. The van der Waals surface area contributed by atoms with Gasteiger partial charge in [-0.15, -0.1) is 11.3 Å². The highest BCUT2D eigenvalue weighted by Crippen LogP contribution is 2.19. The van der Waals surface area contributed by atoms with E-state index < -0.39 is 0 Å². The predicted molar refractivity (Wildman–Crippen MR) is 83.8 cm³/mol. The molecule has 0 atom stereocenters. The van der Waals surface area contributed by atoms with Crippen molar-refractivity contribution in [1.29, 1.82) is 0 Å². The summed E-state index contributed by atoms with van der Waals surface area (Å²) in [6, 6.07) is 9.13. The Bertz CT molecular complexity index is 573. The van der Waals surface area contributed by atoms with Crippen LogP contribution in [0.2, 0.25) is 5.02 Å². The molecule has 2 N–H and O–H groups in total. The van der Waals surface area contributed by atoms with E-state index in [1.54, 1.807) is 35.6 Å². The van der Waals surface area contributed by atoms with Crippen LogP contribution in [-0.4, -0.2) is 12.5 Å². The van der Waals surface area contributed by atoms with Gasteiger partial charge >= 0.3 is 0 Å². The number of hydrogen-bond donors (Lipinski definition) is 2. The Morgan fingerprint density at radius 3 is 2.89 bits per heavy atom. The number of thiophene rings is 1. The van der Waals surface area contributed by atoms with Crippen LogP contribution in [0.15, 0.2) is 40.2 Å². The van der Waals surface area contributed by atoms with Crippen LogP contribution in [0.5, 0.6) is 0 Å². The van der Waals surface area contributed by atoms with Gasteiger partial charge in [0.25, 0.3) is 0 Å². The van der Waals surface area contributed by atoms with E-state index in [-0.39, 0.29) is 12.5 Å². The molecule has 1 aromatic carbocycles.